The van der Waals surface area contributed by atoms with Crippen molar-refractivity contribution in [3.63, 3.8) is 0 Å². The van der Waals surface area contributed by atoms with E-state index in [2.05, 4.69) is 10.2 Å². The van der Waals surface area contributed by atoms with Crippen molar-refractivity contribution in [3.05, 3.63) is 29.5 Å². The zero-order valence-electron chi connectivity index (χ0n) is 14.0. The maximum Gasteiger partial charge on any atom is 0.257 e. The van der Waals surface area contributed by atoms with E-state index in [-0.39, 0.29) is 12.1 Å². The molecule has 1 aromatic rings. The highest BCUT2D eigenvalue weighted by molar-refractivity contribution is 7.70. The first kappa shape index (κ1) is 16.3. The van der Waals surface area contributed by atoms with Crippen LogP contribution < -0.4 is 10.6 Å². The van der Waals surface area contributed by atoms with Crippen LogP contribution in [0.3, 0.4) is 0 Å². The van der Waals surface area contributed by atoms with Gasteiger partial charge in [-0.3, -0.25) is 4.79 Å². The number of carbonyl (C=O) groups excluding carboxylic acids is 1. The Hall–Kier alpha value is -1.58. The summed E-state index contributed by atoms with van der Waals surface area (Å²) in [5.41, 5.74) is 3.13. The Morgan fingerprint density at radius 1 is 1.39 bits per heavy atom. The number of aryl methyl sites for hydroxylation is 1. The number of fused-ring (bicyclic) bond motifs is 1. The number of methoxy groups -OCH3 is 1. The molecular weight excluding hydrogens is 311 g/mol. The Morgan fingerprint density at radius 3 is 2.78 bits per heavy atom. The van der Waals surface area contributed by atoms with Gasteiger partial charge in [-0.2, -0.15) is 0 Å². The quantitative estimate of drug-likeness (QED) is 0.682. The SMILES string of the molecule is COC1CCCN1/C=C1/C(=O)Nc2cc(C)cc(P(C)(C)=O)c21. The average molecular weight is 334 g/mol. The molecule has 1 atom stereocenters. The van der Waals surface area contributed by atoms with Gasteiger partial charge in [0.25, 0.3) is 5.91 Å². The molecule has 0 spiro atoms. The number of nitrogens with zero attached hydrogens (tertiary/aromatic N) is 1. The molecule has 124 valence electrons. The molecule has 1 saturated heterocycles. The van der Waals surface area contributed by atoms with E-state index in [1.807, 2.05) is 25.3 Å². The van der Waals surface area contributed by atoms with Crippen LogP contribution in [0.2, 0.25) is 0 Å². The van der Waals surface area contributed by atoms with Crippen molar-refractivity contribution in [3.8, 4) is 0 Å². The molecule has 0 saturated carbocycles. The molecule has 2 aliphatic rings. The first-order chi connectivity index (χ1) is 10.8. The van der Waals surface area contributed by atoms with Gasteiger partial charge in [-0.15, -0.1) is 0 Å². The summed E-state index contributed by atoms with van der Waals surface area (Å²) in [6.07, 6.45) is 3.87. The minimum Gasteiger partial charge on any atom is -0.362 e. The molecule has 1 amide bonds. The fraction of sp³-hybridized carbons (Fsp3) is 0.471. The molecule has 23 heavy (non-hydrogen) atoms. The average Bonchev–Trinajstić information content (AvgIpc) is 3.02. The third-order valence-electron chi connectivity index (χ3n) is 4.41. The lowest BCUT2D eigenvalue weighted by molar-refractivity contribution is -0.110. The summed E-state index contributed by atoms with van der Waals surface area (Å²) >= 11 is 0. The van der Waals surface area contributed by atoms with Gasteiger partial charge < -0.3 is 19.5 Å². The summed E-state index contributed by atoms with van der Waals surface area (Å²) in [5, 5.41) is 3.68. The largest absolute Gasteiger partial charge is 0.362 e. The molecule has 1 fully saturated rings. The van der Waals surface area contributed by atoms with E-state index in [0.717, 1.165) is 41.5 Å². The number of nitrogens with one attached hydrogen (secondary N) is 1. The minimum absolute atomic E-state index is 0.00306. The van der Waals surface area contributed by atoms with Gasteiger partial charge in [-0.05, 0) is 50.8 Å². The number of benzene rings is 1. The third kappa shape index (κ3) is 2.96. The summed E-state index contributed by atoms with van der Waals surface area (Å²) in [5.74, 6) is -0.137. The van der Waals surface area contributed by atoms with Crippen LogP contribution in [0.25, 0.3) is 5.57 Å². The lowest BCUT2D eigenvalue weighted by Crippen LogP contribution is -2.26. The van der Waals surface area contributed by atoms with Crippen molar-refractivity contribution in [2.24, 2.45) is 0 Å². The van der Waals surface area contributed by atoms with Crippen molar-refractivity contribution in [1.82, 2.24) is 4.90 Å². The minimum atomic E-state index is -2.50. The van der Waals surface area contributed by atoms with Crippen molar-refractivity contribution in [2.45, 2.75) is 26.0 Å². The van der Waals surface area contributed by atoms with Crippen LogP contribution in [0.1, 0.15) is 24.0 Å². The molecule has 0 bridgehead atoms. The Balaban J connectivity index is 2.13. The van der Waals surface area contributed by atoms with Gasteiger partial charge in [-0.1, -0.05) is 0 Å². The fourth-order valence-electron chi connectivity index (χ4n) is 3.33. The Labute approximate surface area is 137 Å². The molecule has 1 unspecified atom stereocenters. The molecule has 6 heteroatoms. The second-order valence-electron chi connectivity index (χ2n) is 6.62. The normalized spacial score (nSPS) is 22.6. The highest BCUT2D eigenvalue weighted by Gasteiger charge is 2.33. The number of amides is 1. The van der Waals surface area contributed by atoms with Gasteiger partial charge in [-0.25, -0.2) is 0 Å². The van der Waals surface area contributed by atoms with Gasteiger partial charge >= 0.3 is 0 Å². The van der Waals surface area contributed by atoms with E-state index in [1.165, 1.54) is 0 Å². The summed E-state index contributed by atoms with van der Waals surface area (Å²) in [4.78, 5) is 14.5. The van der Waals surface area contributed by atoms with E-state index < -0.39 is 7.14 Å². The molecule has 0 aromatic heterocycles. The van der Waals surface area contributed by atoms with Crippen LogP contribution in [0.5, 0.6) is 0 Å². The third-order valence-corrected chi connectivity index (χ3v) is 5.92. The first-order valence-corrected chi connectivity index (χ1v) is 10.4. The summed E-state index contributed by atoms with van der Waals surface area (Å²) in [6.45, 7) is 6.31. The smallest absolute Gasteiger partial charge is 0.257 e. The number of carbonyl (C=O) groups is 1. The molecule has 1 N–H and O–H groups in total. The van der Waals surface area contributed by atoms with E-state index in [1.54, 1.807) is 20.4 Å². The maximum atomic E-state index is 12.7. The van der Waals surface area contributed by atoms with E-state index >= 15 is 0 Å². The van der Waals surface area contributed by atoms with Gasteiger partial charge in [0.15, 0.2) is 0 Å². The molecule has 5 nitrogen and oxygen atoms in total. The van der Waals surface area contributed by atoms with Crippen LogP contribution in [0.15, 0.2) is 18.3 Å². The van der Waals surface area contributed by atoms with E-state index in [4.69, 9.17) is 4.74 Å². The van der Waals surface area contributed by atoms with Crippen molar-refractivity contribution in [2.75, 3.05) is 32.3 Å². The van der Waals surface area contributed by atoms with Gasteiger partial charge in [0.05, 0.1) is 11.3 Å². The molecule has 2 heterocycles. The lowest BCUT2D eigenvalue weighted by atomic mass is 10.1. The molecule has 2 aliphatic heterocycles. The van der Waals surface area contributed by atoms with Crippen molar-refractivity contribution in [1.29, 1.82) is 0 Å². The highest BCUT2D eigenvalue weighted by Crippen LogP contribution is 2.43. The zero-order chi connectivity index (χ0) is 16.8. The Kier molecular flexibility index (Phi) is 4.11. The summed E-state index contributed by atoms with van der Waals surface area (Å²) in [6, 6.07) is 3.87. The lowest BCUT2D eigenvalue weighted by Gasteiger charge is -2.22. The molecule has 0 radical (unpaired) electrons. The number of hydrogen-bond acceptors (Lipinski definition) is 4. The van der Waals surface area contributed by atoms with Gasteiger partial charge in [0.1, 0.15) is 13.4 Å². The van der Waals surface area contributed by atoms with E-state index in [9.17, 15) is 9.36 Å². The molecule has 0 aliphatic carbocycles. The van der Waals surface area contributed by atoms with Crippen LogP contribution in [0, 0.1) is 6.92 Å². The number of ether oxygens (including phenoxy) is 1. The molecular formula is C17H23N2O3P. The zero-order valence-corrected chi connectivity index (χ0v) is 14.9. The summed E-state index contributed by atoms with van der Waals surface area (Å²) < 4.78 is 18.2. The van der Waals surface area contributed by atoms with Crippen LogP contribution in [-0.4, -0.2) is 44.0 Å². The number of rotatable bonds is 3. The maximum absolute atomic E-state index is 12.7. The first-order valence-electron chi connectivity index (χ1n) is 7.83. The second-order valence-corrected chi connectivity index (χ2v) is 9.81. The number of hydrogen-bond donors (Lipinski definition) is 1. The topological polar surface area (TPSA) is 58.6 Å². The van der Waals surface area contributed by atoms with Crippen molar-refractivity contribution < 1.29 is 14.1 Å². The number of likely N-dealkylation sites (tertiary alicyclic amines) is 1. The van der Waals surface area contributed by atoms with E-state index in [0.29, 0.717) is 5.57 Å². The van der Waals surface area contributed by atoms with Gasteiger partial charge in [0, 0.05) is 30.7 Å². The monoisotopic (exact) mass is 334 g/mol. The second kappa shape index (κ2) is 5.81. The van der Waals surface area contributed by atoms with Crippen LogP contribution >= 0.6 is 7.14 Å². The number of anilines is 1. The van der Waals surface area contributed by atoms with Crippen LogP contribution in [-0.2, 0) is 14.1 Å². The standard InChI is InChI=1S/C17H23N2O3P/c1-11-8-13-16(14(9-11)23(3,4)21)12(17(20)18-13)10-19-7-5-6-15(19)22-2/h8-10,15H,5-7H2,1-4H3,(H,18,20)/b12-10+. The molecule has 1 aromatic carbocycles. The van der Waals surface area contributed by atoms with Crippen LogP contribution in [0.4, 0.5) is 5.69 Å². The fourth-order valence-corrected chi connectivity index (χ4v) is 4.62. The van der Waals surface area contributed by atoms with Crippen molar-refractivity contribution >= 4 is 29.6 Å². The Bertz CT molecular complexity index is 736. The van der Waals surface area contributed by atoms with Gasteiger partial charge in [0.2, 0.25) is 0 Å². The predicted octanol–water partition coefficient (Wildman–Crippen LogP) is 2.60. The summed E-state index contributed by atoms with van der Waals surface area (Å²) in [7, 11) is -0.814. The Morgan fingerprint density at radius 2 is 2.13 bits per heavy atom. The molecule has 3 rings (SSSR count). The highest BCUT2D eigenvalue weighted by atomic mass is 31.2. The predicted molar refractivity (Wildman–Crippen MR) is 93.6 cm³/mol.